The fourth-order valence-corrected chi connectivity index (χ4v) is 6.81. The number of amides is 2. The molecular formula is C21H15BrN2O4S2. The molecular weight excluding hydrogens is 488 g/mol. The molecule has 2 aliphatic heterocycles. The van der Waals surface area contributed by atoms with Crippen LogP contribution in [0, 0.1) is 5.92 Å². The number of anilines is 1. The van der Waals surface area contributed by atoms with Crippen LogP contribution < -0.4 is 14.5 Å². The molecule has 3 atom stereocenters. The fourth-order valence-electron chi connectivity index (χ4n) is 4.03. The topological polar surface area (TPSA) is 79.5 Å². The molecule has 3 heterocycles. The number of hydrogen-bond donors (Lipinski definition) is 1. The van der Waals surface area contributed by atoms with E-state index in [1.165, 1.54) is 16.7 Å². The number of carbonyl (C=O) groups excluding carboxylic acids is 2. The predicted octanol–water partition coefficient (Wildman–Crippen LogP) is 4.00. The lowest BCUT2D eigenvalue weighted by molar-refractivity contribution is -0.122. The summed E-state index contributed by atoms with van der Waals surface area (Å²) in [5, 5.41) is 0.0804. The Morgan fingerprint density at radius 2 is 1.70 bits per heavy atom. The van der Waals surface area contributed by atoms with Crippen LogP contribution in [0.1, 0.15) is 16.4 Å². The molecule has 30 heavy (non-hydrogen) atoms. The first-order chi connectivity index (χ1) is 14.5. The average Bonchev–Trinajstić information content (AvgIpc) is 3.24. The number of halogens is 1. The van der Waals surface area contributed by atoms with E-state index in [2.05, 4.69) is 20.9 Å². The van der Waals surface area contributed by atoms with E-state index in [0.29, 0.717) is 16.5 Å². The molecule has 1 aromatic heterocycles. The third-order valence-corrected chi connectivity index (χ3v) is 8.31. The Balaban J connectivity index is 1.63. The summed E-state index contributed by atoms with van der Waals surface area (Å²) in [7, 11) is 1.59. The Morgan fingerprint density at radius 3 is 2.37 bits per heavy atom. The zero-order chi connectivity index (χ0) is 21.0. The van der Waals surface area contributed by atoms with Crippen LogP contribution in [-0.4, -0.2) is 29.2 Å². The normalized spacial score (nSPS) is 22.7. The zero-order valence-corrected chi connectivity index (χ0v) is 18.8. The number of H-pyrrole nitrogens is 1. The molecule has 0 spiro atoms. The number of hydrogen-bond acceptors (Lipinski definition) is 6. The Bertz CT molecular complexity index is 1200. The molecule has 1 N–H and O–H groups in total. The number of fused-ring (bicyclic) bond motifs is 2. The molecule has 0 saturated carbocycles. The van der Waals surface area contributed by atoms with Crippen LogP contribution in [0.3, 0.4) is 0 Å². The minimum absolute atomic E-state index is 0.185. The van der Waals surface area contributed by atoms with Gasteiger partial charge in [0.25, 0.3) is 0 Å². The number of nitrogens with one attached hydrogen (secondary N) is 1. The SMILES string of the molecule is COc1ccc([C@H]2c3sc(=O)[nH]c3S[C@@H]3C(=O)N(c4ccc(Br)cc4)C(=O)[C@H]23)cc1. The van der Waals surface area contributed by atoms with Gasteiger partial charge in [0.2, 0.25) is 11.8 Å². The number of methoxy groups -OCH3 is 1. The largest absolute Gasteiger partial charge is 0.497 e. The summed E-state index contributed by atoms with van der Waals surface area (Å²) in [5.41, 5.74) is 1.43. The number of thiazole rings is 1. The monoisotopic (exact) mass is 502 g/mol. The van der Waals surface area contributed by atoms with Gasteiger partial charge in [-0.2, -0.15) is 0 Å². The third kappa shape index (κ3) is 3.03. The van der Waals surface area contributed by atoms with Crippen LogP contribution >= 0.6 is 39.0 Å². The van der Waals surface area contributed by atoms with Crippen molar-refractivity contribution < 1.29 is 14.3 Å². The van der Waals surface area contributed by atoms with Crippen molar-refractivity contribution in [2.24, 2.45) is 5.92 Å². The van der Waals surface area contributed by atoms with E-state index in [4.69, 9.17) is 4.74 Å². The van der Waals surface area contributed by atoms with Crippen LogP contribution in [0.25, 0.3) is 0 Å². The summed E-state index contributed by atoms with van der Waals surface area (Å²) >= 11 is 5.76. The molecule has 1 fully saturated rings. The maximum absolute atomic E-state index is 13.5. The van der Waals surface area contributed by atoms with Crippen LogP contribution in [-0.2, 0) is 9.59 Å². The van der Waals surface area contributed by atoms with Crippen LogP contribution in [0.5, 0.6) is 5.75 Å². The number of aromatic nitrogens is 1. The van der Waals surface area contributed by atoms with Crippen molar-refractivity contribution in [2.45, 2.75) is 16.2 Å². The second-order valence-electron chi connectivity index (χ2n) is 7.01. The van der Waals surface area contributed by atoms with Gasteiger partial charge in [0.1, 0.15) is 11.0 Å². The van der Waals surface area contributed by atoms with Crippen molar-refractivity contribution in [3.63, 3.8) is 0 Å². The van der Waals surface area contributed by atoms with Crippen LogP contribution in [0.4, 0.5) is 5.69 Å². The molecule has 2 amide bonds. The molecule has 2 aliphatic rings. The van der Waals surface area contributed by atoms with E-state index >= 15 is 0 Å². The highest BCUT2D eigenvalue weighted by Gasteiger charge is 2.56. The lowest BCUT2D eigenvalue weighted by Gasteiger charge is -2.29. The van der Waals surface area contributed by atoms with Crippen molar-refractivity contribution in [3.05, 3.63) is 73.1 Å². The average molecular weight is 503 g/mol. The van der Waals surface area contributed by atoms with E-state index < -0.39 is 11.2 Å². The summed E-state index contributed by atoms with van der Waals surface area (Å²) in [5.74, 6) is -0.759. The van der Waals surface area contributed by atoms with E-state index in [9.17, 15) is 14.4 Å². The Hall–Kier alpha value is -2.36. The summed E-state index contributed by atoms with van der Waals surface area (Å²) < 4.78 is 6.12. The molecule has 3 aromatic rings. The third-order valence-electron chi connectivity index (χ3n) is 5.38. The van der Waals surface area contributed by atoms with Crippen molar-refractivity contribution in [1.82, 2.24) is 4.98 Å². The van der Waals surface area contributed by atoms with E-state index in [-0.39, 0.29) is 22.6 Å². The zero-order valence-electron chi connectivity index (χ0n) is 15.6. The first-order valence-corrected chi connectivity index (χ1v) is 11.6. The van der Waals surface area contributed by atoms with Crippen molar-refractivity contribution >= 4 is 56.5 Å². The summed E-state index contributed by atoms with van der Waals surface area (Å²) in [4.78, 5) is 43.6. The highest BCUT2D eigenvalue weighted by Crippen LogP contribution is 2.53. The Kier molecular flexibility index (Phi) is 4.83. The van der Waals surface area contributed by atoms with Crippen molar-refractivity contribution in [3.8, 4) is 5.75 Å². The van der Waals surface area contributed by atoms with E-state index in [1.807, 2.05) is 24.3 Å². The van der Waals surface area contributed by atoms with E-state index in [0.717, 1.165) is 26.3 Å². The molecule has 2 aromatic carbocycles. The maximum atomic E-state index is 13.5. The van der Waals surface area contributed by atoms with Crippen LogP contribution in [0.15, 0.2) is 62.8 Å². The molecule has 5 rings (SSSR count). The van der Waals surface area contributed by atoms with Gasteiger partial charge in [0.05, 0.1) is 23.7 Å². The number of thioether (sulfide) groups is 1. The smallest absolute Gasteiger partial charge is 0.305 e. The molecule has 0 radical (unpaired) electrons. The number of carbonyl (C=O) groups is 2. The molecule has 0 unspecified atom stereocenters. The summed E-state index contributed by atoms with van der Waals surface area (Å²) in [6.07, 6.45) is 0. The summed E-state index contributed by atoms with van der Waals surface area (Å²) in [6.45, 7) is 0. The predicted molar refractivity (Wildman–Crippen MR) is 120 cm³/mol. The second kappa shape index (κ2) is 7.40. The highest BCUT2D eigenvalue weighted by atomic mass is 79.9. The van der Waals surface area contributed by atoms with Gasteiger partial charge in [-0.15, -0.1) is 0 Å². The highest BCUT2D eigenvalue weighted by molar-refractivity contribution is 9.10. The minimum Gasteiger partial charge on any atom is -0.497 e. The Morgan fingerprint density at radius 1 is 1.00 bits per heavy atom. The minimum atomic E-state index is -0.592. The quantitative estimate of drug-likeness (QED) is 0.547. The van der Waals surface area contributed by atoms with E-state index in [1.54, 1.807) is 31.4 Å². The number of ether oxygens (including phenoxy) is 1. The Labute approximate surface area is 188 Å². The molecule has 0 bridgehead atoms. The van der Waals surface area contributed by atoms with Gasteiger partial charge in [-0.3, -0.25) is 14.4 Å². The molecule has 152 valence electrons. The number of nitrogens with zero attached hydrogens (tertiary/aromatic N) is 1. The number of aromatic amines is 1. The lowest BCUT2D eigenvalue weighted by atomic mass is 9.83. The molecule has 6 nitrogen and oxygen atoms in total. The van der Waals surface area contributed by atoms with Gasteiger partial charge in [-0.25, -0.2) is 4.90 Å². The van der Waals surface area contributed by atoms with Gasteiger partial charge in [-0.1, -0.05) is 51.2 Å². The summed E-state index contributed by atoms with van der Waals surface area (Å²) in [6, 6.07) is 14.6. The lowest BCUT2D eigenvalue weighted by Crippen LogP contribution is -2.32. The van der Waals surface area contributed by atoms with Gasteiger partial charge < -0.3 is 9.72 Å². The number of rotatable bonds is 3. The first-order valence-electron chi connectivity index (χ1n) is 9.15. The van der Waals surface area contributed by atoms with Gasteiger partial charge in [-0.05, 0) is 42.0 Å². The number of benzene rings is 2. The molecule has 9 heteroatoms. The molecule has 1 saturated heterocycles. The first kappa shape index (κ1) is 19.6. The second-order valence-corrected chi connectivity index (χ2v) is 10.1. The number of imide groups is 1. The maximum Gasteiger partial charge on any atom is 0.305 e. The van der Waals surface area contributed by atoms with Gasteiger partial charge in [0, 0.05) is 15.3 Å². The van der Waals surface area contributed by atoms with Gasteiger partial charge >= 0.3 is 4.87 Å². The van der Waals surface area contributed by atoms with Crippen molar-refractivity contribution in [1.29, 1.82) is 0 Å². The molecule has 0 aliphatic carbocycles. The standard InChI is InChI=1S/C21H15BrN2O4S2/c1-28-13-8-2-10(3-9-13)14-15-17(29-18-16(14)30-21(27)23-18)20(26)24(19(15)25)12-6-4-11(22)5-7-12/h2-9,14-15,17H,1H3,(H,23,27)/t14-,15-,17+/m1/s1. The fraction of sp³-hybridized carbons (Fsp3) is 0.190. The van der Waals surface area contributed by atoms with Crippen molar-refractivity contribution in [2.75, 3.05) is 12.0 Å². The van der Waals surface area contributed by atoms with Gasteiger partial charge in [0.15, 0.2) is 0 Å². The van der Waals surface area contributed by atoms with Crippen LogP contribution in [0.2, 0.25) is 0 Å².